The number of aromatic amines is 1. The van der Waals surface area contributed by atoms with Crippen LogP contribution in [0.1, 0.15) is 26.5 Å². The number of hydrogen-bond acceptors (Lipinski definition) is 4. The van der Waals surface area contributed by atoms with Gasteiger partial charge in [-0.2, -0.15) is 13.2 Å². The predicted octanol–water partition coefficient (Wildman–Crippen LogP) is 3.59. The van der Waals surface area contributed by atoms with Crippen molar-refractivity contribution in [1.29, 1.82) is 0 Å². The Morgan fingerprint density at radius 1 is 1.21 bits per heavy atom. The zero-order chi connectivity index (χ0) is 17.5. The number of hydrogen-bond donors (Lipinski definition) is 3. The second kappa shape index (κ2) is 5.64. The number of carboxylic acids is 1. The largest absolute Gasteiger partial charge is 0.478 e. The fourth-order valence-corrected chi connectivity index (χ4v) is 2.87. The van der Waals surface area contributed by atoms with Gasteiger partial charge in [-0.1, -0.05) is 11.3 Å². The van der Waals surface area contributed by atoms with Gasteiger partial charge in [0, 0.05) is 0 Å². The van der Waals surface area contributed by atoms with Crippen molar-refractivity contribution >= 4 is 38.6 Å². The van der Waals surface area contributed by atoms with E-state index in [4.69, 9.17) is 5.11 Å². The van der Waals surface area contributed by atoms with Crippen LogP contribution in [0.15, 0.2) is 30.3 Å². The van der Waals surface area contributed by atoms with Crippen LogP contribution in [0.2, 0.25) is 0 Å². The molecule has 3 rings (SSSR count). The number of carboxylic acid groups (broad SMARTS) is 1. The molecule has 0 atom stereocenters. The second-order valence-corrected chi connectivity index (χ2v) is 5.77. The summed E-state index contributed by atoms with van der Waals surface area (Å²) in [5, 5.41) is 11.5. The third-order valence-electron chi connectivity index (χ3n) is 3.09. The molecule has 0 saturated heterocycles. The van der Waals surface area contributed by atoms with E-state index in [2.05, 4.69) is 10.3 Å². The summed E-state index contributed by atoms with van der Waals surface area (Å²) in [5.41, 5.74) is -0.734. The molecule has 3 N–H and O–H groups in total. The van der Waals surface area contributed by atoms with Gasteiger partial charge in [-0.25, -0.2) is 9.78 Å². The molecule has 0 saturated carbocycles. The van der Waals surface area contributed by atoms with Crippen molar-refractivity contribution in [2.75, 3.05) is 5.32 Å². The maximum atomic E-state index is 12.5. The van der Waals surface area contributed by atoms with Gasteiger partial charge in [-0.15, -0.1) is 0 Å². The summed E-state index contributed by atoms with van der Waals surface area (Å²) in [7, 11) is 0. The Kier molecular flexibility index (Phi) is 3.76. The molecule has 2 heterocycles. The molecule has 0 unspecified atom stereocenters. The average Bonchev–Trinajstić information content (AvgIpc) is 3.12. The molecule has 1 amide bonds. The van der Waals surface area contributed by atoms with E-state index in [1.165, 1.54) is 18.2 Å². The van der Waals surface area contributed by atoms with Gasteiger partial charge < -0.3 is 10.1 Å². The molecular formula is C14H8F3N3O3S. The Labute approximate surface area is 135 Å². The maximum Gasteiger partial charge on any atom is 0.431 e. The van der Waals surface area contributed by atoms with E-state index in [-0.39, 0.29) is 16.4 Å². The van der Waals surface area contributed by atoms with Gasteiger partial charge in [-0.3, -0.25) is 10.1 Å². The molecule has 24 heavy (non-hydrogen) atoms. The maximum absolute atomic E-state index is 12.5. The van der Waals surface area contributed by atoms with Crippen LogP contribution in [0.5, 0.6) is 0 Å². The highest BCUT2D eigenvalue weighted by Crippen LogP contribution is 2.29. The molecule has 0 aliphatic carbocycles. The van der Waals surface area contributed by atoms with Crippen molar-refractivity contribution in [3.05, 3.63) is 47.3 Å². The van der Waals surface area contributed by atoms with Gasteiger partial charge in [-0.05, 0) is 30.3 Å². The van der Waals surface area contributed by atoms with Crippen molar-refractivity contribution in [2.45, 2.75) is 6.18 Å². The van der Waals surface area contributed by atoms with E-state index >= 15 is 0 Å². The third kappa shape index (κ3) is 3.08. The molecule has 6 nitrogen and oxygen atoms in total. The number of thiazole rings is 1. The van der Waals surface area contributed by atoms with E-state index in [0.29, 0.717) is 10.2 Å². The molecular weight excluding hydrogens is 347 g/mol. The second-order valence-electron chi connectivity index (χ2n) is 4.74. The highest BCUT2D eigenvalue weighted by atomic mass is 32.1. The summed E-state index contributed by atoms with van der Waals surface area (Å²) in [6, 6.07) is 6.06. The van der Waals surface area contributed by atoms with Crippen LogP contribution >= 0.6 is 11.3 Å². The third-order valence-corrected chi connectivity index (χ3v) is 4.03. The molecule has 2 aromatic heterocycles. The first-order valence-electron chi connectivity index (χ1n) is 6.45. The van der Waals surface area contributed by atoms with Crippen molar-refractivity contribution in [3.63, 3.8) is 0 Å². The summed E-state index contributed by atoms with van der Waals surface area (Å²) >= 11 is 1.02. The predicted molar refractivity (Wildman–Crippen MR) is 80.3 cm³/mol. The van der Waals surface area contributed by atoms with Crippen LogP contribution in [0.25, 0.3) is 10.2 Å². The minimum absolute atomic E-state index is 0.0724. The number of rotatable bonds is 3. The quantitative estimate of drug-likeness (QED) is 0.669. The van der Waals surface area contributed by atoms with Crippen LogP contribution < -0.4 is 5.32 Å². The lowest BCUT2D eigenvalue weighted by molar-refractivity contribution is -0.140. The lowest BCUT2D eigenvalue weighted by Gasteiger charge is -2.02. The highest BCUT2D eigenvalue weighted by Gasteiger charge is 2.32. The molecule has 0 fully saturated rings. The van der Waals surface area contributed by atoms with E-state index in [1.807, 2.05) is 4.98 Å². The molecule has 10 heteroatoms. The molecule has 0 radical (unpaired) electrons. The number of benzene rings is 1. The average molecular weight is 355 g/mol. The topological polar surface area (TPSA) is 95.1 Å². The first kappa shape index (κ1) is 16.0. The molecule has 0 spiro atoms. The lowest BCUT2D eigenvalue weighted by atomic mass is 10.2. The molecule has 0 bridgehead atoms. The first-order valence-corrected chi connectivity index (χ1v) is 7.27. The first-order chi connectivity index (χ1) is 11.2. The Hall–Kier alpha value is -2.88. The van der Waals surface area contributed by atoms with Crippen molar-refractivity contribution in [3.8, 4) is 0 Å². The zero-order valence-corrected chi connectivity index (χ0v) is 12.5. The van der Waals surface area contributed by atoms with Gasteiger partial charge in [0.05, 0.1) is 15.8 Å². The number of nitrogens with zero attached hydrogens (tertiary/aromatic N) is 1. The van der Waals surface area contributed by atoms with Gasteiger partial charge in [0.2, 0.25) is 0 Å². The van der Waals surface area contributed by atoms with E-state index < -0.39 is 23.7 Å². The monoisotopic (exact) mass is 355 g/mol. The van der Waals surface area contributed by atoms with Gasteiger partial charge >= 0.3 is 12.1 Å². The van der Waals surface area contributed by atoms with Crippen LogP contribution in [0.4, 0.5) is 18.3 Å². The summed E-state index contributed by atoms with van der Waals surface area (Å²) in [6.45, 7) is 0. The van der Waals surface area contributed by atoms with Gasteiger partial charge in [0.25, 0.3) is 5.91 Å². The Morgan fingerprint density at radius 3 is 2.58 bits per heavy atom. The zero-order valence-electron chi connectivity index (χ0n) is 11.6. The number of carbonyl (C=O) groups excluding carboxylic acids is 1. The Balaban J connectivity index is 1.82. The number of fused-ring (bicyclic) bond motifs is 1. The minimum atomic E-state index is -4.57. The van der Waals surface area contributed by atoms with Crippen molar-refractivity contribution in [1.82, 2.24) is 9.97 Å². The number of halogens is 3. The van der Waals surface area contributed by atoms with E-state index in [0.717, 1.165) is 23.5 Å². The summed E-state index contributed by atoms with van der Waals surface area (Å²) < 4.78 is 38.1. The number of amides is 1. The van der Waals surface area contributed by atoms with Gasteiger partial charge in [0.15, 0.2) is 5.13 Å². The summed E-state index contributed by atoms with van der Waals surface area (Å²) in [4.78, 5) is 29.0. The van der Waals surface area contributed by atoms with Crippen LogP contribution in [-0.4, -0.2) is 27.0 Å². The Morgan fingerprint density at radius 2 is 1.96 bits per heavy atom. The standard InChI is InChI=1S/C14H8F3N3O3S/c15-14(16,17)10-4-3-8(18-10)11(21)20-13-19-7-2-1-6(12(22)23)5-9(7)24-13/h1-5,18H,(H,22,23)(H,19,20,21). The smallest absolute Gasteiger partial charge is 0.431 e. The Bertz CT molecular complexity index is 946. The highest BCUT2D eigenvalue weighted by molar-refractivity contribution is 7.22. The number of anilines is 1. The lowest BCUT2D eigenvalue weighted by Crippen LogP contribution is -2.13. The van der Waals surface area contributed by atoms with Crippen LogP contribution in [0, 0.1) is 0 Å². The number of carbonyl (C=O) groups is 2. The van der Waals surface area contributed by atoms with Gasteiger partial charge in [0.1, 0.15) is 11.4 Å². The fourth-order valence-electron chi connectivity index (χ4n) is 1.97. The summed E-state index contributed by atoms with van der Waals surface area (Å²) in [5.74, 6) is -1.87. The number of H-pyrrole nitrogens is 1. The molecule has 3 aromatic rings. The number of nitrogens with one attached hydrogen (secondary N) is 2. The van der Waals surface area contributed by atoms with Crippen molar-refractivity contribution < 1.29 is 27.9 Å². The van der Waals surface area contributed by atoms with E-state index in [9.17, 15) is 22.8 Å². The molecule has 0 aliphatic heterocycles. The minimum Gasteiger partial charge on any atom is -0.478 e. The fraction of sp³-hybridized carbons (Fsp3) is 0.0714. The van der Waals surface area contributed by atoms with E-state index in [1.54, 1.807) is 0 Å². The number of aromatic carboxylic acids is 1. The normalized spacial score (nSPS) is 11.6. The number of alkyl halides is 3. The van der Waals surface area contributed by atoms with Crippen LogP contribution in [-0.2, 0) is 6.18 Å². The number of aromatic nitrogens is 2. The molecule has 124 valence electrons. The molecule has 1 aromatic carbocycles. The van der Waals surface area contributed by atoms with Crippen molar-refractivity contribution in [2.24, 2.45) is 0 Å². The molecule has 0 aliphatic rings. The summed E-state index contributed by atoms with van der Waals surface area (Å²) in [6.07, 6.45) is -4.57. The van der Waals surface area contributed by atoms with Crippen LogP contribution in [0.3, 0.4) is 0 Å². The SMILES string of the molecule is O=C(O)c1ccc2nc(NC(=O)c3ccc(C(F)(F)F)[nH]3)sc2c1.